The van der Waals surface area contributed by atoms with Gasteiger partial charge in [0, 0.05) is 18.3 Å². The maximum atomic E-state index is 5.94. The van der Waals surface area contributed by atoms with Crippen LogP contribution in [0.2, 0.25) is 0 Å². The van der Waals surface area contributed by atoms with Crippen LogP contribution in [0, 0.1) is 6.92 Å². The molecule has 0 aromatic heterocycles. The Morgan fingerprint density at radius 3 is 2.44 bits per heavy atom. The summed E-state index contributed by atoms with van der Waals surface area (Å²) in [6.07, 6.45) is 0. The summed E-state index contributed by atoms with van der Waals surface area (Å²) in [5, 5.41) is 3.52. The zero-order chi connectivity index (χ0) is 13.0. The molecule has 0 aliphatic carbocycles. The van der Waals surface area contributed by atoms with Crippen LogP contribution in [-0.4, -0.2) is 0 Å². The van der Waals surface area contributed by atoms with Gasteiger partial charge in [0.05, 0.1) is 0 Å². The minimum atomic E-state index is 0.325. The molecule has 2 nitrogen and oxygen atoms in total. The van der Waals surface area contributed by atoms with Crippen LogP contribution in [0.3, 0.4) is 0 Å². The highest BCUT2D eigenvalue weighted by atomic mass is 14.9. The maximum absolute atomic E-state index is 5.94. The second-order valence-electron chi connectivity index (χ2n) is 4.66. The highest BCUT2D eigenvalue weighted by Crippen LogP contribution is 2.18. The number of nitrogens with two attached hydrogens (primary N) is 1. The lowest BCUT2D eigenvalue weighted by atomic mass is 10.0. The average Bonchev–Trinajstić information content (AvgIpc) is 2.38. The van der Waals surface area contributed by atoms with Gasteiger partial charge in [0.2, 0.25) is 0 Å². The first-order valence-corrected chi connectivity index (χ1v) is 6.31. The van der Waals surface area contributed by atoms with Crippen molar-refractivity contribution in [2.75, 3.05) is 5.73 Å². The Balaban J connectivity index is 2.03. The molecule has 2 rings (SSSR count). The van der Waals surface area contributed by atoms with Crippen molar-refractivity contribution < 1.29 is 0 Å². The zero-order valence-corrected chi connectivity index (χ0v) is 11.0. The lowest BCUT2D eigenvalue weighted by molar-refractivity contribution is 0.573. The van der Waals surface area contributed by atoms with Gasteiger partial charge in [0.25, 0.3) is 0 Å². The molecular weight excluding hydrogens is 220 g/mol. The molecule has 2 aromatic rings. The highest BCUT2D eigenvalue weighted by Gasteiger charge is 2.07. The molecule has 18 heavy (non-hydrogen) atoms. The van der Waals surface area contributed by atoms with E-state index in [2.05, 4.69) is 49.5 Å². The monoisotopic (exact) mass is 240 g/mol. The summed E-state index contributed by atoms with van der Waals surface area (Å²) in [5.74, 6) is 0. The summed E-state index contributed by atoms with van der Waals surface area (Å²) in [6.45, 7) is 5.12. The van der Waals surface area contributed by atoms with E-state index in [4.69, 9.17) is 5.73 Å². The summed E-state index contributed by atoms with van der Waals surface area (Å²) in [4.78, 5) is 0. The Hall–Kier alpha value is -1.80. The number of aryl methyl sites for hydroxylation is 1. The fourth-order valence-electron chi connectivity index (χ4n) is 2.14. The number of benzene rings is 2. The molecule has 0 saturated carbocycles. The fraction of sp³-hybridized carbons (Fsp3) is 0.250. The van der Waals surface area contributed by atoms with Crippen molar-refractivity contribution in [2.24, 2.45) is 0 Å². The van der Waals surface area contributed by atoms with Gasteiger partial charge in [-0.25, -0.2) is 0 Å². The molecule has 0 heterocycles. The number of rotatable bonds is 4. The van der Waals surface area contributed by atoms with Gasteiger partial charge in [0.15, 0.2) is 0 Å². The first-order chi connectivity index (χ1) is 8.68. The Bertz CT molecular complexity index is 520. The van der Waals surface area contributed by atoms with Gasteiger partial charge in [-0.05, 0) is 36.6 Å². The molecule has 0 unspecified atom stereocenters. The molecule has 2 aromatic carbocycles. The normalized spacial score (nSPS) is 12.3. The molecule has 0 bridgehead atoms. The van der Waals surface area contributed by atoms with E-state index in [0.29, 0.717) is 6.04 Å². The summed E-state index contributed by atoms with van der Waals surface area (Å²) in [7, 11) is 0. The summed E-state index contributed by atoms with van der Waals surface area (Å²) in [6, 6.07) is 16.8. The Morgan fingerprint density at radius 2 is 1.72 bits per heavy atom. The van der Waals surface area contributed by atoms with Crippen LogP contribution < -0.4 is 11.1 Å². The van der Waals surface area contributed by atoms with Crippen LogP contribution in [0.15, 0.2) is 48.5 Å². The molecule has 3 N–H and O–H groups in total. The zero-order valence-electron chi connectivity index (χ0n) is 11.0. The van der Waals surface area contributed by atoms with Gasteiger partial charge in [-0.15, -0.1) is 0 Å². The van der Waals surface area contributed by atoms with Crippen molar-refractivity contribution in [3.8, 4) is 0 Å². The van der Waals surface area contributed by atoms with Gasteiger partial charge in [-0.2, -0.15) is 0 Å². The third-order valence-electron chi connectivity index (χ3n) is 3.31. The topological polar surface area (TPSA) is 38.0 Å². The molecule has 94 valence electrons. The lowest BCUT2D eigenvalue weighted by Gasteiger charge is -2.17. The highest BCUT2D eigenvalue weighted by molar-refractivity contribution is 5.46. The molecule has 0 amide bonds. The first-order valence-electron chi connectivity index (χ1n) is 6.31. The Morgan fingerprint density at radius 1 is 1.06 bits per heavy atom. The Kier molecular flexibility index (Phi) is 4.00. The van der Waals surface area contributed by atoms with Crippen LogP contribution >= 0.6 is 0 Å². The average molecular weight is 240 g/mol. The third kappa shape index (κ3) is 2.90. The van der Waals surface area contributed by atoms with E-state index in [0.717, 1.165) is 17.8 Å². The van der Waals surface area contributed by atoms with Crippen molar-refractivity contribution in [3.63, 3.8) is 0 Å². The molecule has 2 heteroatoms. The molecule has 0 saturated heterocycles. The molecule has 0 spiro atoms. The summed E-state index contributed by atoms with van der Waals surface area (Å²) < 4.78 is 0. The van der Waals surface area contributed by atoms with E-state index in [1.807, 2.05) is 18.2 Å². The van der Waals surface area contributed by atoms with Crippen molar-refractivity contribution in [2.45, 2.75) is 26.4 Å². The van der Waals surface area contributed by atoms with E-state index < -0.39 is 0 Å². The second kappa shape index (κ2) is 5.69. The number of nitrogen functional groups attached to an aromatic ring is 1. The van der Waals surface area contributed by atoms with Gasteiger partial charge >= 0.3 is 0 Å². The van der Waals surface area contributed by atoms with Crippen molar-refractivity contribution in [1.29, 1.82) is 0 Å². The standard InChI is InChI=1S/C16H20N2/c1-12-7-3-5-9-15(12)13(2)18-11-14-8-4-6-10-16(14)17/h3-10,13,18H,11,17H2,1-2H3/t13-/m1/s1. The van der Waals surface area contributed by atoms with Gasteiger partial charge < -0.3 is 11.1 Å². The smallest absolute Gasteiger partial charge is 0.0359 e. The van der Waals surface area contributed by atoms with E-state index in [1.54, 1.807) is 0 Å². The van der Waals surface area contributed by atoms with Gasteiger partial charge in [0.1, 0.15) is 0 Å². The van der Waals surface area contributed by atoms with Crippen LogP contribution in [0.25, 0.3) is 0 Å². The van der Waals surface area contributed by atoms with Crippen LogP contribution in [-0.2, 0) is 6.54 Å². The summed E-state index contributed by atoms with van der Waals surface area (Å²) in [5.41, 5.74) is 10.6. The molecule has 1 atom stereocenters. The first kappa shape index (κ1) is 12.7. The van der Waals surface area contributed by atoms with Crippen LogP contribution in [0.4, 0.5) is 5.69 Å². The molecular formula is C16H20N2. The lowest BCUT2D eigenvalue weighted by Crippen LogP contribution is -2.19. The summed E-state index contributed by atoms with van der Waals surface area (Å²) >= 11 is 0. The molecule has 0 aliphatic heterocycles. The van der Waals surface area contributed by atoms with Gasteiger partial charge in [-0.3, -0.25) is 0 Å². The predicted octanol–water partition coefficient (Wildman–Crippen LogP) is 3.43. The van der Waals surface area contributed by atoms with Crippen molar-refractivity contribution >= 4 is 5.69 Å². The number of hydrogen-bond donors (Lipinski definition) is 2. The van der Waals surface area contributed by atoms with E-state index in [-0.39, 0.29) is 0 Å². The minimum Gasteiger partial charge on any atom is -0.398 e. The minimum absolute atomic E-state index is 0.325. The third-order valence-corrected chi connectivity index (χ3v) is 3.31. The molecule has 0 fully saturated rings. The predicted molar refractivity (Wildman–Crippen MR) is 77.3 cm³/mol. The van der Waals surface area contributed by atoms with E-state index >= 15 is 0 Å². The SMILES string of the molecule is Cc1ccccc1[C@@H](C)NCc1ccccc1N. The van der Waals surface area contributed by atoms with Crippen molar-refractivity contribution in [3.05, 3.63) is 65.2 Å². The second-order valence-corrected chi connectivity index (χ2v) is 4.66. The number of para-hydroxylation sites is 1. The number of hydrogen-bond acceptors (Lipinski definition) is 2. The van der Waals surface area contributed by atoms with E-state index in [1.165, 1.54) is 11.1 Å². The fourth-order valence-corrected chi connectivity index (χ4v) is 2.14. The van der Waals surface area contributed by atoms with Gasteiger partial charge in [-0.1, -0.05) is 42.5 Å². The van der Waals surface area contributed by atoms with Crippen molar-refractivity contribution in [1.82, 2.24) is 5.32 Å². The van der Waals surface area contributed by atoms with E-state index in [9.17, 15) is 0 Å². The number of anilines is 1. The molecule has 0 radical (unpaired) electrons. The quantitative estimate of drug-likeness (QED) is 0.803. The van der Waals surface area contributed by atoms with Crippen LogP contribution in [0.5, 0.6) is 0 Å². The maximum Gasteiger partial charge on any atom is 0.0359 e. The van der Waals surface area contributed by atoms with Crippen LogP contribution in [0.1, 0.15) is 29.7 Å². The largest absolute Gasteiger partial charge is 0.398 e. The Labute approximate surface area is 109 Å². The number of nitrogens with one attached hydrogen (secondary N) is 1. The molecule has 0 aliphatic rings.